The highest BCUT2D eigenvalue weighted by atomic mass is 16.5. The predicted molar refractivity (Wildman–Crippen MR) is 61.9 cm³/mol. The van der Waals surface area contributed by atoms with Crippen LogP contribution >= 0.6 is 0 Å². The van der Waals surface area contributed by atoms with Crippen LogP contribution in [0.2, 0.25) is 0 Å². The largest absolute Gasteiger partial charge is 0.469 e. The van der Waals surface area contributed by atoms with E-state index in [1.54, 1.807) is 12.5 Å². The number of hydrogen-bond acceptors (Lipinski definition) is 3. The van der Waals surface area contributed by atoms with Crippen LogP contribution < -0.4 is 0 Å². The molecule has 0 N–H and O–H groups in total. The van der Waals surface area contributed by atoms with Crippen molar-refractivity contribution in [3.05, 3.63) is 30.9 Å². The lowest BCUT2D eigenvalue weighted by Gasteiger charge is -1.97. The van der Waals surface area contributed by atoms with Gasteiger partial charge < -0.3 is 9.30 Å². The maximum atomic E-state index is 10.8. The zero-order chi connectivity index (χ0) is 11.6. The molecule has 1 rings (SSSR count). The molecule has 16 heavy (non-hydrogen) atoms. The monoisotopic (exact) mass is 222 g/mol. The van der Waals surface area contributed by atoms with Gasteiger partial charge in [-0.3, -0.25) is 4.79 Å². The van der Waals surface area contributed by atoms with Gasteiger partial charge in [-0.05, 0) is 19.3 Å². The Labute approximate surface area is 95.9 Å². The molecule has 4 heteroatoms. The number of esters is 1. The minimum atomic E-state index is -0.123. The molecule has 1 heterocycles. The number of carbonyl (C=O) groups excluding carboxylic acids is 1. The van der Waals surface area contributed by atoms with Crippen molar-refractivity contribution in [2.75, 3.05) is 7.11 Å². The van der Waals surface area contributed by atoms with Crippen molar-refractivity contribution in [3.8, 4) is 0 Å². The molecule has 88 valence electrons. The van der Waals surface area contributed by atoms with Crippen molar-refractivity contribution < 1.29 is 9.53 Å². The summed E-state index contributed by atoms with van der Waals surface area (Å²) in [5.41, 5.74) is 0. The van der Waals surface area contributed by atoms with E-state index in [4.69, 9.17) is 0 Å². The highest BCUT2D eigenvalue weighted by molar-refractivity contribution is 5.68. The van der Waals surface area contributed by atoms with Crippen LogP contribution in [0.25, 0.3) is 0 Å². The van der Waals surface area contributed by atoms with E-state index < -0.39 is 0 Å². The molecule has 0 atom stereocenters. The summed E-state index contributed by atoms with van der Waals surface area (Å²) >= 11 is 0. The summed E-state index contributed by atoms with van der Waals surface area (Å²) < 4.78 is 6.56. The summed E-state index contributed by atoms with van der Waals surface area (Å²) in [7, 11) is 1.42. The molecule has 0 aliphatic carbocycles. The number of nitrogens with zero attached hydrogens (tertiary/aromatic N) is 2. The zero-order valence-electron chi connectivity index (χ0n) is 9.63. The van der Waals surface area contributed by atoms with E-state index in [0.29, 0.717) is 6.42 Å². The molecule has 1 aromatic heterocycles. The van der Waals surface area contributed by atoms with E-state index in [-0.39, 0.29) is 5.97 Å². The number of ether oxygens (including phenoxy) is 1. The van der Waals surface area contributed by atoms with Crippen LogP contribution in [0.15, 0.2) is 30.9 Å². The second-order valence-electron chi connectivity index (χ2n) is 3.55. The Morgan fingerprint density at radius 3 is 3.00 bits per heavy atom. The van der Waals surface area contributed by atoms with Gasteiger partial charge in [-0.15, -0.1) is 0 Å². The molecule has 0 saturated heterocycles. The molecule has 0 saturated carbocycles. The lowest BCUT2D eigenvalue weighted by atomic mass is 10.2. The van der Waals surface area contributed by atoms with Gasteiger partial charge in [0.1, 0.15) is 0 Å². The predicted octanol–water partition coefficient (Wildman–Crippen LogP) is 2.17. The number of unbranched alkanes of at least 4 members (excludes halogenated alkanes) is 2. The van der Waals surface area contributed by atoms with Crippen molar-refractivity contribution >= 4 is 5.97 Å². The minimum absolute atomic E-state index is 0.123. The summed E-state index contributed by atoms with van der Waals surface area (Å²) in [5, 5.41) is 0. The second kappa shape index (κ2) is 7.68. The van der Waals surface area contributed by atoms with Gasteiger partial charge in [0.2, 0.25) is 0 Å². The summed E-state index contributed by atoms with van der Waals surface area (Å²) in [6.45, 7) is 0.858. The Morgan fingerprint density at radius 1 is 1.44 bits per heavy atom. The Balaban J connectivity index is 1.99. The lowest BCUT2D eigenvalue weighted by molar-refractivity contribution is -0.140. The number of hydrogen-bond donors (Lipinski definition) is 0. The number of allylic oxidation sites excluding steroid dienone is 2. The lowest BCUT2D eigenvalue weighted by Crippen LogP contribution is -1.98. The van der Waals surface area contributed by atoms with Crippen LogP contribution in [0.5, 0.6) is 0 Å². The standard InChI is InChI=1S/C12H18N2O2/c1-16-12(15)7-5-3-2-4-6-9-14-10-8-13-11-14/h4,6,8,10-11H,2-3,5,7,9H2,1H3/b6-4-. The number of methoxy groups -OCH3 is 1. The van der Waals surface area contributed by atoms with Gasteiger partial charge in [0.05, 0.1) is 13.4 Å². The normalized spacial score (nSPS) is 10.8. The van der Waals surface area contributed by atoms with Crippen molar-refractivity contribution in [1.82, 2.24) is 9.55 Å². The van der Waals surface area contributed by atoms with Crippen molar-refractivity contribution in [2.45, 2.75) is 32.2 Å². The zero-order valence-corrected chi connectivity index (χ0v) is 9.63. The van der Waals surface area contributed by atoms with E-state index in [1.165, 1.54) is 7.11 Å². The van der Waals surface area contributed by atoms with E-state index in [0.717, 1.165) is 25.8 Å². The molecule has 0 aliphatic heterocycles. The smallest absolute Gasteiger partial charge is 0.305 e. The number of carbonyl (C=O) groups is 1. The Hall–Kier alpha value is -1.58. The first-order valence-corrected chi connectivity index (χ1v) is 5.50. The summed E-state index contributed by atoms with van der Waals surface area (Å²) in [6.07, 6.45) is 13.2. The van der Waals surface area contributed by atoms with Crippen LogP contribution in [-0.4, -0.2) is 22.6 Å². The van der Waals surface area contributed by atoms with Crippen molar-refractivity contribution in [3.63, 3.8) is 0 Å². The maximum absolute atomic E-state index is 10.8. The fraction of sp³-hybridized carbons (Fsp3) is 0.500. The first-order valence-electron chi connectivity index (χ1n) is 5.50. The molecular formula is C12H18N2O2. The summed E-state index contributed by atoms with van der Waals surface area (Å²) in [5.74, 6) is -0.123. The first kappa shape index (κ1) is 12.5. The Kier molecular flexibility index (Phi) is 5.99. The molecule has 0 amide bonds. The van der Waals surface area contributed by atoms with E-state index >= 15 is 0 Å². The molecule has 0 radical (unpaired) electrons. The summed E-state index contributed by atoms with van der Waals surface area (Å²) in [6, 6.07) is 0. The second-order valence-corrected chi connectivity index (χ2v) is 3.55. The third-order valence-corrected chi connectivity index (χ3v) is 2.27. The molecule has 0 aromatic carbocycles. The molecule has 0 bridgehead atoms. The fourth-order valence-electron chi connectivity index (χ4n) is 1.34. The number of rotatable bonds is 7. The SMILES string of the molecule is COC(=O)CCCC/C=C\Cn1ccnc1. The maximum Gasteiger partial charge on any atom is 0.305 e. The quantitative estimate of drug-likeness (QED) is 0.403. The van der Waals surface area contributed by atoms with Gasteiger partial charge in [0.25, 0.3) is 0 Å². The molecule has 1 aromatic rings. The van der Waals surface area contributed by atoms with Crippen LogP contribution in [0, 0.1) is 0 Å². The third kappa shape index (κ3) is 5.34. The molecule has 0 aliphatic rings. The van der Waals surface area contributed by atoms with E-state index in [1.807, 2.05) is 10.8 Å². The average Bonchev–Trinajstić information content (AvgIpc) is 2.80. The Morgan fingerprint density at radius 2 is 2.31 bits per heavy atom. The van der Waals surface area contributed by atoms with E-state index in [2.05, 4.69) is 21.9 Å². The van der Waals surface area contributed by atoms with Gasteiger partial charge in [-0.2, -0.15) is 0 Å². The molecule has 0 fully saturated rings. The third-order valence-electron chi connectivity index (χ3n) is 2.27. The van der Waals surface area contributed by atoms with Gasteiger partial charge >= 0.3 is 5.97 Å². The minimum Gasteiger partial charge on any atom is -0.469 e. The van der Waals surface area contributed by atoms with Crippen LogP contribution in [0.4, 0.5) is 0 Å². The van der Waals surface area contributed by atoms with Gasteiger partial charge in [-0.25, -0.2) is 4.98 Å². The molecule has 0 unspecified atom stereocenters. The topological polar surface area (TPSA) is 44.1 Å². The first-order chi connectivity index (χ1) is 7.83. The molecular weight excluding hydrogens is 204 g/mol. The molecule has 4 nitrogen and oxygen atoms in total. The van der Waals surface area contributed by atoms with Gasteiger partial charge in [0.15, 0.2) is 0 Å². The molecule has 0 spiro atoms. The van der Waals surface area contributed by atoms with Crippen molar-refractivity contribution in [2.24, 2.45) is 0 Å². The number of aromatic nitrogens is 2. The van der Waals surface area contributed by atoms with Crippen LogP contribution in [0.3, 0.4) is 0 Å². The van der Waals surface area contributed by atoms with Gasteiger partial charge in [-0.1, -0.05) is 12.2 Å². The highest BCUT2D eigenvalue weighted by Crippen LogP contribution is 2.02. The summed E-state index contributed by atoms with van der Waals surface area (Å²) in [4.78, 5) is 14.8. The van der Waals surface area contributed by atoms with Crippen LogP contribution in [-0.2, 0) is 16.1 Å². The average molecular weight is 222 g/mol. The van der Waals surface area contributed by atoms with Crippen molar-refractivity contribution in [1.29, 1.82) is 0 Å². The van der Waals surface area contributed by atoms with Gasteiger partial charge in [0, 0.05) is 25.4 Å². The fourth-order valence-corrected chi connectivity index (χ4v) is 1.34. The van der Waals surface area contributed by atoms with Crippen LogP contribution in [0.1, 0.15) is 25.7 Å². The van der Waals surface area contributed by atoms with E-state index in [9.17, 15) is 4.79 Å². The number of imidazole rings is 1. The highest BCUT2D eigenvalue weighted by Gasteiger charge is 1.97. The Bertz CT molecular complexity index is 318.